The first-order valence-electron chi connectivity index (χ1n) is 5.69. The van der Waals surface area contributed by atoms with E-state index in [2.05, 4.69) is 20.6 Å². The smallest absolute Gasteiger partial charge is 0.224 e. The second kappa shape index (κ2) is 6.48. The van der Waals surface area contributed by atoms with E-state index in [9.17, 15) is 12.8 Å². The minimum Gasteiger partial charge on any atom is -0.366 e. The molecule has 18 heavy (non-hydrogen) atoms. The van der Waals surface area contributed by atoms with Crippen LogP contribution < -0.4 is 10.6 Å². The van der Waals surface area contributed by atoms with Gasteiger partial charge in [0.2, 0.25) is 5.95 Å². The summed E-state index contributed by atoms with van der Waals surface area (Å²) in [5.74, 6) is -0.273. The summed E-state index contributed by atoms with van der Waals surface area (Å²) < 4.78 is 35.9. The fraction of sp³-hybridized carbons (Fsp3) is 0.600. The van der Waals surface area contributed by atoms with E-state index in [0.717, 1.165) is 6.20 Å². The Balaban J connectivity index is 2.64. The van der Waals surface area contributed by atoms with E-state index in [0.29, 0.717) is 12.5 Å². The Hall–Kier alpha value is -1.44. The van der Waals surface area contributed by atoms with Crippen molar-refractivity contribution in [3.63, 3.8) is 0 Å². The number of nitrogens with one attached hydrogen (secondary N) is 2. The average molecular weight is 276 g/mol. The largest absolute Gasteiger partial charge is 0.366 e. The van der Waals surface area contributed by atoms with Crippen LogP contribution >= 0.6 is 0 Å². The van der Waals surface area contributed by atoms with Gasteiger partial charge in [0, 0.05) is 18.8 Å². The summed E-state index contributed by atoms with van der Waals surface area (Å²) in [7, 11) is -3.07. The van der Waals surface area contributed by atoms with Crippen molar-refractivity contribution in [3.05, 3.63) is 12.0 Å². The molecule has 1 heterocycles. The summed E-state index contributed by atoms with van der Waals surface area (Å²) in [6, 6.07) is 0. The Labute approximate surface area is 106 Å². The normalized spacial score (nSPS) is 11.3. The van der Waals surface area contributed by atoms with Crippen molar-refractivity contribution >= 4 is 21.6 Å². The predicted octanol–water partition coefficient (Wildman–Crippen LogP) is 0.894. The summed E-state index contributed by atoms with van der Waals surface area (Å²) in [5.41, 5.74) is 0. The molecule has 102 valence electrons. The van der Waals surface area contributed by atoms with E-state index in [1.807, 2.05) is 6.92 Å². The molecule has 0 bridgehead atoms. The van der Waals surface area contributed by atoms with Crippen LogP contribution in [0.15, 0.2) is 6.20 Å². The first-order chi connectivity index (χ1) is 8.48. The topological polar surface area (TPSA) is 84.0 Å². The molecule has 0 amide bonds. The van der Waals surface area contributed by atoms with E-state index in [1.165, 1.54) is 0 Å². The average Bonchev–Trinajstić information content (AvgIpc) is 2.33. The molecule has 1 aromatic heterocycles. The molecule has 0 aromatic carbocycles. The van der Waals surface area contributed by atoms with Crippen LogP contribution in [0.25, 0.3) is 0 Å². The Morgan fingerprint density at radius 1 is 1.33 bits per heavy atom. The van der Waals surface area contributed by atoms with E-state index < -0.39 is 15.7 Å². The molecular formula is C10H17FN4O2S. The van der Waals surface area contributed by atoms with Gasteiger partial charge in [-0.05, 0) is 6.92 Å². The van der Waals surface area contributed by atoms with Gasteiger partial charge in [0.05, 0.1) is 11.9 Å². The second-order valence-corrected chi connectivity index (χ2v) is 6.06. The van der Waals surface area contributed by atoms with Crippen molar-refractivity contribution in [2.75, 3.05) is 35.2 Å². The molecule has 1 rings (SSSR count). The van der Waals surface area contributed by atoms with Crippen molar-refractivity contribution in [1.29, 1.82) is 0 Å². The Bertz CT molecular complexity index is 493. The van der Waals surface area contributed by atoms with Crippen LogP contribution in [-0.2, 0) is 9.84 Å². The van der Waals surface area contributed by atoms with Gasteiger partial charge in [-0.25, -0.2) is 17.8 Å². The summed E-state index contributed by atoms with van der Waals surface area (Å²) >= 11 is 0. The molecule has 2 N–H and O–H groups in total. The van der Waals surface area contributed by atoms with Crippen LogP contribution in [0.1, 0.15) is 13.8 Å². The lowest BCUT2D eigenvalue weighted by molar-refractivity contribution is 0.596. The molecule has 0 aliphatic rings. The highest BCUT2D eigenvalue weighted by Crippen LogP contribution is 2.11. The Kier molecular flexibility index (Phi) is 5.26. The molecule has 6 nitrogen and oxygen atoms in total. The Morgan fingerprint density at radius 3 is 2.67 bits per heavy atom. The minimum atomic E-state index is -3.07. The SMILES string of the molecule is CCNc1ncc(F)c(NCCS(=O)(=O)CC)n1. The number of anilines is 2. The summed E-state index contributed by atoms with van der Waals surface area (Å²) in [5, 5.41) is 5.50. The van der Waals surface area contributed by atoms with Crippen LogP contribution in [0, 0.1) is 5.82 Å². The number of hydrogen-bond acceptors (Lipinski definition) is 6. The van der Waals surface area contributed by atoms with Crippen LogP contribution in [-0.4, -0.2) is 43.0 Å². The first-order valence-corrected chi connectivity index (χ1v) is 7.51. The number of hydrogen-bond donors (Lipinski definition) is 2. The standard InChI is InChI=1S/C10H17FN4O2S/c1-3-12-10-14-7-8(11)9(15-10)13-5-6-18(16,17)4-2/h7H,3-6H2,1-2H3,(H2,12,13,14,15). The molecule has 0 radical (unpaired) electrons. The number of nitrogens with zero attached hydrogens (tertiary/aromatic N) is 2. The zero-order valence-corrected chi connectivity index (χ0v) is 11.2. The monoisotopic (exact) mass is 276 g/mol. The lowest BCUT2D eigenvalue weighted by atomic mass is 10.5. The lowest BCUT2D eigenvalue weighted by Crippen LogP contribution is -2.18. The molecule has 0 saturated carbocycles. The van der Waals surface area contributed by atoms with Gasteiger partial charge in [0.1, 0.15) is 0 Å². The zero-order chi connectivity index (χ0) is 13.6. The summed E-state index contributed by atoms with van der Waals surface area (Å²) in [4.78, 5) is 7.65. The van der Waals surface area contributed by atoms with Crippen molar-refractivity contribution in [2.45, 2.75) is 13.8 Å². The third-order valence-electron chi connectivity index (χ3n) is 2.22. The number of halogens is 1. The van der Waals surface area contributed by atoms with E-state index >= 15 is 0 Å². The molecule has 0 fully saturated rings. The van der Waals surface area contributed by atoms with E-state index in [4.69, 9.17) is 0 Å². The third kappa shape index (κ3) is 4.44. The van der Waals surface area contributed by atoms with E-state index in [-0.39, 0.29) is 23.9 Å². The molecule has 0 aliphatic carbocycles. The van der Waals surface area contributed by atoms with Gasteiger partial charge in [0.15, 0.2) is 21.5 Å². The molecule has 0 saturated heterocycles. The van der Waals surface area contributed by atoms with Crippen molar-refractivity contribution in [3.8, 4) is 0 Å². The molecule has 0 aliphatic heterocycles. The van der Waals surface area contributed by atoms with Crippen molar-refractivity contribution < 1.29 is 12.8 Å². The van der Waals surface area contributed by atoms with Gasteiger partial charge in [-0.2, -0.15) is 4.98 Å². The molecule has 8 heteroatoms. The number of aromatic nitrogens is 2. The third-order valence-corrected chi connectivity index (χ3v) is 3.93. The van der Waals surface area contributed by atoms with Crippen LogP contribution in [0.5, 0.6) is 0 Å². The quantitative estimate of drug-likeness (QED) is 0.769. The van der Waals surface area contributed by atoms with Crippen LogP contribution in [0.3, 0.4) is 0 Å². The molecular weight excluding hydrogens is 259 g/mol. The highest BCUT2D eigenvalue weighted by atomic mass is 32.2. The van der Waals surface area contributed by atoms with Gasteiger partial charge in [-0.1, -0.05) is 6.92 Å². The highest BCUT2D eigenvalue weighted by molar-refractivity contribution is 7.91. The number of rotatable bonds is 7. The van der Waals surface area contributed by atoms with Crippen LogP contribution in [0.2, 0.25) is 0 Å². The Morgan fingerprint density at radius 2 is 2.06 bits per heavy atom. The van der Waals surface area contributed by atoms with Gasteiger partial charge in [0.25, 0.3) is 0 Å². The zero-order valence-electron chi connectivity index (χ0n) is 10.4. The fourth-order valence-electron chi connectivity index (χ4n) is 1.20. The molecule has 0 unspecified atom stereocenters. The highest BCUT2D eigenvalue weighted by Gasteiger charge is 2.09. The molecule has 0 atom stereocenters. The van der Waals surface area contributed by atoms with Crippen molar-refractivity contribution in [2.24, 2.45) is 0 Å². The maximum atomic E-state index is 13.3. The maximum Gasteiger partial charge on any atom is 0.224 e. The summed E-state index contributed by atoms with van der Waals surface area (Å²) in [6.45, 7) is 4.18. The van der Waals surface area contributed by atoms with Gasteiger partial charge in [-0.15, -0.1) is 0 Å². The molecule has 0 spiro atoms. The predicted molar refractivity (Wildman–Crippen MR) is 69.0 cm³/mol. The van der Waals surface area contributed by atoms with Gasteiger partial charge >= 0.3 is 0 Å². The van der Waals surface area contributed by atoms with Crippen molar-refractivity contribution in [1.82, 2.24) is 9.97 Å². The fourth-order valence-corrected chi connectivity index (χ4v) is 1.91. The molecule has 1 aromatic rings. The second-order valence-electron chi connectivity index (χ2n) is 3.58. The van der Waals surface area contributed by atoms with Gasteiger partial charge < -0.3 is 10.6 Å². The van der Waals surface area contributed by atoms with E-state index in [1.54, 1.807) is 6.92 Å². The minimum absolute atomic E-state index is 0.00672. The van der Waals surface area contributed by atoms with Crippen LogP contribution in [0.4, 0.5) is 16.2 Å². The van der Waals surface area contributed by atoms with Gasteiger partial charge in [-0.3, -0.25) is 0 Å². The lowest BCUT2D eigenvalue weighted by Gasteiger charge is -2.08. The number of sulfone groups is 1. The maximum absolute atomic E-state index is 13.3. The summed E-state index contributed by atoms with van der Waals surface area (Å²) in [6.07, 6.45) is 1.04. The first kappa shape index (κ1) is 14.6.